The molecular weight excluding hydrogens is 367 g/mol. The molecule has 5 nitrogen and oxygen atoms in total. The molecule has 0 aliphatic carbocycles. The average Bonchev–Trinajstić information content (AvgIpc) is 2.59. The molecule has 0 aliphatic heterocycles. The molecule has 0 radical (unpaired) electrons. The van der Waals surface area contributed by atoms with Crippen LogP contribution in [0.15, 0.2) is 53.4 Å². The van der Waals surface area contributed by atoms with Gasteiger partial charge in [0.15, 0.2) is 0 Å². The zero-order valence-corrected chi connectivity index (χ0v) is 15.1. The Morgan fingerprint density at radius 2 is 1.88 bits per heavy atom. The van der Waals surface area contributed by atoms with Crippen molar-refractivity contribution in [3.63, 3.8) is 0 Å². The van der Waals surface area contributed by atoms with E-state index in [0.29, 0.717) is 12.1 Å². The first-order chi connectivity index (χ1) is 11.8. The number of hydrogen-bond donors (Lipinski definition) is 1. The van der Waals surface area contributed by atoms with Crippen LogP contribution in [0.1, 0.15) is 12.8 Å². The van der Waals surface area contributed by atoms with Gasteiger partial charge in [-0.15, -0.1) is 0 Å². The van der Waals surface area contributed by atoms with E-state index in [1.807, 2.05) is 0 Å². The summed E-state index contributed by atoms with van der Waals surface area (Å²) >= 11 is 5.65. The van der Waals surface area contributed by atoms with Crippen LogP contribution in [0.2, 0.25) is 5.02 Å². The van der Waals surface area contributed by atoms with Crippen LogP contribution < -0.4 is 5.32 Å². The first-order valence-electron chi connectivity index (χ1n) is 7.57. The van der Waals surface area contributed by atoms with Gasteiger partial charge in [-0.25, -0.2) is 17.1 Å². The van der Waals surface area contributed by atoms with Gasteiger partial charge in [-0.05, 0) is 36.8 Å². The highest BCUT2D eigenvalue weighted by Crippen LogP contribution is 2.19. The first kappa shape index (κ1) is 19.4. The summed E-state index contributed by atoms with van der Waals surface area (Å²) in [7, 11) is -2.09. The molecule has 0 spiro atoms. The molecule has 25 heavy (non-hydrogen) atoms. The van der Waals surface area contributed by atoms with Crippen LogP contribution in [0.25, 0.3) is 0 Å². The Hall–Kier alpha value is -1.96. The summed E-state index contributed by atoms with van der Waals surface area (Å²) < 4.78 is 39.0. The fourth-order valence-corrected chi connectivity index (χ4v) is 3.56. The highest BCUT2D eigenvalue weighted by molar-refractivity contribution is 7.89. The third-order valence-electron chi connectivity index (χ3n) is 3.53. The Bertz CT molecular complexity index is 844. The summed E-state index contributed by atoms with van der Waals surface area (Å²) in [5.74, 6) is -0.861. The molecule has 0 fully saturated rings. The average molecular weight is 385 g/mol. The lowest BCUT2D eigenvalue weighted by molar-refractivity contribution is -0.116. The molecule has 0 saturated heterocycles. The largest absolute Gasteiger partial charge is 0.326 e. The number of hydrogen-bond acceptors (Lipinski definition) is 3. The maximum absolute atomic E-state index is 13.1. The molecular formula is C17H18ClFN2O3S. The lowest BCUT2D eigenvalue weighted by Gasteiger charge is -2.17. The number of anilines is 1. The Morgan fingerprint density at radius 3 is 2.52 bits per heavy atom. The Labute approximate surface area is 151 Å². The van der Waals surface area contributed by atoms with Crippen LogP contribution in [0.4, 0.5) is 10.1 Å². The van der Waals surface area contributed by atoms with Crippen molar-refractivity contribution in [1.82, 2.24) is 4.31 Å². The molecule has 0 aliphatic rings. The summed E-state index contributed by atoms with van der Waals surface area (Å²) in [6, 6.07) is 12.0. The number of benzene rings is 2. The van der Waals surface area contributed by atoms with Crippen LogP contribution in [-0.2, 0) is 14.8 Å². The second kappa shape index (κ2) is 8.42. The van der Waals surface area contributed by atoms with Crippen LogP contribution in [0, 0.1) is 5.82 Å². The van der Waals surface area contributed by atoms with Crippen LogP contribution in [0.3, 0.4) is 0 Å². The van der Waals surface area contributed by atoms with Crippen molar-refractivity contribution in [2.24, 2.45) is 0 Å². The molecule has 2 aromatic rings. The molecule has 0 bridgehead atoms. The first-order valence-corrected chi connectivity index (χ1v) is 9.39. The normalized spacial score (nSPS) is 11.5. The predicted octanol–water partition coefficient (Wildman–Crippen LogP) is 3.52. The monoisotopic (exact) mass is 384 g/mol. The molecule has 1 amide bonds. The fourth-order valence-electron chi connectivity index (χ4n) is 2.15. The Kier molecular flexibility index (Phi) is 6.52. The van der Waals surface area contributed by atoms with Crippen LogP contribution in [-0.4, -0.2) is 32.2 Å². The quantitative estimate of drug-likeness (QED) is 0.794. The van der Waals surface area contributed by atoms with Gasteiger partial charge < -0.3 is 5.32 Å². The number of nitrogens with zero attached hydrogens (tertiary/aromatic N) is 1. The minimum atomic E-state index is -3.56. The number of rotatable bonds is 7. The second-order valence-electron chi connectivity index (χ2n) is 5.42. The van der Waals surface area contributed by atoms with Crippen molar-refractivity contribution in [3.8, 4) is 0 Å². The van der Waals surface area contributed by atoms with Gasteiger partial charge in [0.1, 0.15) is 5.82 Å². The van der Waals surface area contributed by atoms with Gasteiger partial charge in [-0.3, -0.25) is 4.79 Å². The van der Waals surface area contributed by atoms with Crippen molar-refractivity contribution in [3.05, 3.63) is 59.4 Å². The molecule has 2 aromatic carbocycles. The lowest BCUT2D eigenvalue weighted by atomic mass is 10.2. The van der Waals surface area contributed by atoms with E-state index < -0.39 is 15.8 Å². The van der Waals surface area contributed by atoms with Crippen molar-refractivity contribution in [2.45, 2.75) is 17.7 Å². The minimum absolute atomic E-state index is 0.0773. The van der Waals surface area contributed by atoms with Gasteiger partial charge in [0.05, 0.1) is 9.92 Å². The van der Waals surface area contributed by atoms with Crippen molar-refractivity contribution >= 4 is 33.2 Å². The topological polar surface area (TPSA) is 66.5 Å². The number of amides is 1. The fraction of sp³-hybridized carbons (Fsp3) is 0.235. The van der Waals surface area contributed by atoms with E-state index >= 15 is 0 Å². The SMILES string of the molecule is CN(CCCC(=O)Nc1ccc(F)c(Cl)c1)S(=O)(=O)c1ccccc1. The number of carbonyl (C=O) groups is 1. The van der Waals surface area contributed by atoms with Crippen molar-refractivity contribution in [2.75, 3.05) is 18.9 Å². The van der Waals surface area contributed by atoms with Gasteiger partial charge in [-0.2, -0.15) is 0 Å². The second-order valence-corrected chi connectivity index (χ2v) is 7.87. The molecule has 0 heterocycles. The molecule has 0 atom stereocenters. The molecule has 8 heteroatoms. The number of carbonyl (C=O) groups excluding carboxylic acids is 1. The summed E-state index contributed by atoms with van der Waals surface area (Å²) in [6.07, 6.45) is 0.479. The third-order valence-corrected chi connectivity index (χ3v) is 5.69. The zero-order chi connectivity index (χ0) is 18.4. The maximum atomic E-state index is 13.1. The lowest BCUT2D eigenvalue weighted by Crippen LogP contribution is -2.28. The van der Waals surface area contributed by atoms with Gasteiger partial charge in [0.2, 0.25) is 15.9 Å². The Morgan fingerprint density at radius 1 is 1.20 bits per heavy atom. The molecule has 0 aromatic heterocycles. The minimum Gasteiger partial charge on any atom is -0.326 e. The smallest absolute Gasteiger partial charge is 0.242 e. The highest BCUT2D eigenvalue weighted by atomic mass is 35.5. The van der Waals surface area contributed by atoms with E-state index in [4.69, 9.17) is 11.6 Å². The maximum Gasteiger partial charge on any atom is 0.242 e. The van der Waals surface area contributed by atoms with Gasteiger partial charge >= 0.3 is 0 Å². The van der Waals surface area contributed by atoms with Gasteiger partial charge in [-0.1, -0.05) is 29.8 Å². The molecule has 1 N–H and O–H groups in total. The summed E-state index contributed by atoms with van der Waals surface area (Å²) in [5.41, 5.74) is 0.390. The highest BCUT2D eigenvalue weighted by Gasteiger charge is 2.20. The molecule has 2 rings (SSSR count). The number of halogens is 2. The van der Waals surface area contributed by atoms with E-state index in [2.05, 4.69) is 5.32 Å². The molecule has 0 unspecified atom stereocenters. The summed E-state index contributed by atoms with van der Waals surface area (Å²) in [5, 5.41) is 2.52. The van der Waals surface area contributed by atoms with Gasteiger partial charge in [0.25, 0.3) is 0 Å². The van der Waals surface area contributed by atoms with E-state index in [1.165, 1.54) is 35.6 Å². The van der Waals surface area contributed by atoms with E-state index in [0.717, 1.165) is 6.07 Å². The number of sulfonamides is 1. The van der Waals surface area contributed by atoms with Crippen LogP contribution >= 0.6 is 11.6 Å². The van der Waals surface area contributed by atoms with Crippen molar-refractivity contribution in [1.29, 1.82) is 0 Å². The van der Waals surface area contributed by atoms with E-state index in [9.17, 15) is 17.6 Å². The number of nitrogens with one attached hydrogen (secondary N) is 1. The zero-order valence-electron chi connectivity index (χ0n) is 13.6. The summed E-state index contributed by atoms with van der Waals surface area (Å²) in [6.45, 7) is 0.203. The third kappa shape index (κ3) is 5.26. The van der Waals surface area contributed by atoms with Gasteiger partial charge in [0, 0.05) is 25.7 Å². The van der Waals surface area contributed by atoms with E-state index in [-0.39, 0.29) is 28.8 Å². The molecule has 0 saturated carbocycles. The summed E-state index contributed by atoms with van der Waals surface area (Å²) in [4.78, 5) is 12.1. The van der Waals surface area contributed by atoms with Crippen molar-refractivity contribution < 1.29 is 17.6 Å². The molecule has 134 valence electrons. The Balaban J connectivity index is 1.85. The van der Waals surface area contributed by atoms with Crippen LogP contribution in [0.5, 0.6) is 0 Å². The standard InChI is InChI=1S/C17H18ClFN2O3S/c1-21(25(23,24)14-6-3-2-4-7-14)11-5-8-17(22)20-13-9-10-16(19)15(18)12-13/h2-4,6-7,9-10,12H,5,8,11H2,1H3,(H,20,22). The van der Waals surface area contributed by atoms with E-state index in [1.54, 1.807) is 18.2 Å². The predicted molar refractivity (Wildman–Crippen MR) is 95.5 cm³/mol.